The molecular weight excluding hydrogens is 318 g/mol. The van der Waals surface area contributed by atoms with E-state index in [1.54, 1.807) is 42.5 Å². The van der Waals surface area contributed by atoms with Crippen molar-refractivity contribution in [1.82, 2.24) is 0 Å². The number of para-hydroxylation sites is 2. The molecule has 0 aliphatic carbocycles. The van der Waals surface area contributed by atoms with Gasteiger partial charge in [0.25, 0.3) is 5.91 Å². The third-order valence-corrected chi connectivity index (χ3v) is 3.84. The fourth-order valence-electron chi connectivity index (χ4n) is 2.46. The largest absolute Gasteiger partial charge is 0.495 e. The zero-order valence-electron chi connectivity index (χ0n) is 12.3. The number of rotatable bonds is 3. The lowest BCUT2D eigenvalue weighted by molar-refractivity contribution is -0.125. The lowest BCUT2D eigenvalue weighted by Gasteiger charge is -2.24. The Labute approximate surface area is 138 Å². The Kier molecular flexibility index (Phi) is 4.21. The van der Waals surface area contributed by atoms with Crippen LogP contribution in [-0.4, -0.2) is 25.1 Å². The molecule has 0 bridgehead atoms. The van der Waals surface area contributed by atoms with E-state index in [9.17, 15) is 9.59 Å². The Bertz CT molecular complexity index is 775. The normalized spacial score (nSPS) is 16.3. The van der Waals surface area contributed by atoms with Gasteiger partial charge in [0.15, 0.2) is 6.10 Å². The number of ether oxygens (including phenoxy) is 2. The number of hydrogen-bond acceptors (Lipinski definition) is 4. The van der Waals surface area contributed by atoms with E-state index in [2.05, 4.69) is 5.32 Å². The van der Waals surface area contributed by atoms with Gasteiger partial charge >= 0.3 is 5.97 Å². The van der Waals surface area contributed by atoms with Gasteiger partial charge in [0, 0.05) is 11.4 Å². The molecule has 0 radical (unpaired) electrons. The average Bonchev–Trinajstić information content (AvgIpc) is 2.55. The molecule has 1 aliphatic heterocycles. The zero-order valence-corrected chi connectivity index (χ0v) is 13.1. The summed E-state index contributed by atoms with van der Waals surface area (Å²) < 4.78 is 10.4. The molecule has 1 N–H and O–H groups in total. The van der Waals surface area contributed by atoms with Crippen molar-refractivity contribution in [2.24, 2.45) is 0 Å². The summed E-state index contributed by atoms with van der Waals surface area (Å²) in [6.07, 6.45) is -0.583. The standard InChI is InChI=1S/C17H14ClNO4/c1-22-14-5-3-2-4-13(14)19-16(20)15-8-10-6-7-11(18)9-12(10)17(21)23-15/h2-7,9,15H,8H2,1H3,(H,19,20). The minimum atomic E-state index is -0.888. The zero-order chi connectivity index (χ0) is 16.4. The maximum Gasteiger partial charge on any atom is 0.339 e. The van der Waals surface area contributed by atoms with Gasteiger partial charge in [-0.15, -0.1) is 0 Å². The highest BCUT2D eigenvalue weighted by Crippen LogP contribution is 2.27. The minimum absolute atomic E-state index is 0.305. The van der Waals surface area contributed by atoms with Crippen LogP contribution in [0.25, 0.3) is 0 Å². The SMILES string of the molecule is COc1ccccc1NC(=O)C1Cc2ccc(Cl)cc2C(=O)O1. The van der Waals surface area contributed by atoms with E-state index in [1.807, 2.05) is 0 Å². The van der Waals surface area contributed by atoms with Crippen molar-refractivity contribution in [2.45, 2.75) is 12.5 Å². The van der Waals surface area contributed by atoms with Crippen LogP contribution in [0.4, 0.5) is 5.69 Å². The number of anilines is 1. The molecule has 1 heterocycles. The van der Waals surface area contributed by atoms with Crippen LogP contribution in [0.5, 0.6) is 5.75 Å². The van der Waals surface area contributed by atoms with Crippen molar-refractivity contribution in [3.63, 3.8) is 0 Å². The molecule has 1 amide bonds. The fraction of sp³-hybridized carbons (Fsp3) is 0.176. The molecule has 2 aromatic rings. The highest BCUT2D eigenvalue weighted by Gasteiger charge is 2.31. The molecule has 23 heavy (non-hydrogen) atoms. The molecular formula is C17H14ClNO4. The molecule has 3 rings (SSSR count). The fourth-order valence-corrected chi connectivity index (χ4v) is 2.63. The maximum atomic E-state index is 12.4. The van der Waals surface area contributed by atoms with E-state index in [0.717, 1.165) is 5.56 Å². The number of nitrogens with one attached hydrogen (secondary N) is 1. The predicted molar refractivity (Wildman–Crippen MR) is 86.0 cm³/mol. The highest BCUT2D eigenvalue weighted by atomic mass is 35.5. The Balaban J connectivity index is 1.79. The van der Waals surface area contributed by atoms with Crippen LogP contribution in [0.3, 0.4) is 0 Å². The third-order valence-electron chi connectivity index (χ3n) is 3.60. The molecule has 1 unspecified atom stereocenters. The van der Waals surface area contributed by atoms with E-state index in [4.69, 9.17) is 21.1 Å². The molecule has 1 atom stereocenters. The minimum Gasteiger partial charge on any atom is -0.495 e. The van der Waals surface area contributed by atoms with Crippen LogP contribution in [0.15, 0.2) is 42.5 Å². The van der Waals surface area contributed by atoms with Gasteiger partial charge in [-0.1, -0.05) is 29.8 Å². The second-order valence-corrected chi connectivity index (χ2v) is 5.53. The van der Waals surface area contributed by atoms with Crippen LogP contribution in [0, 0.1) is 0 Å². The summed E-state index contributed by atoms with van der Waals surface area (Å²) in [4.78, 5) is 24.4. The molecule has 0 saturated heterocycles. The Morgan fingerprint density at radius 2 is 2.09 bits per heavy atom. The maximum absolute atomic E-state index is 12.4. The van der Waals surface area contributed by atoms with Crippen molar-refractivity contribution in [1.29, 1.82) is 0 Å². The smallest absolute Gasteiger partial charge is 0.339 e. The van der Waals surface area contributed by atoms with E-state index < -0.39 is 18.0 Å². The summed E-state index contributed by atoms with van der Waals surface area (Å²) in [7, 11) is 1.52. The lowest BCUT2D eigenvalue weighted by Crippen LogP contribution is -2.38. The van der Waals surface area contributed by atoms with E-state index in [0.29, 0.717) is 28.4 Å². The summed E-state index contributed by atoms with van der Waals surface area (Å²) in [5, 5.41) is 3.18. The van der Waals surface area contributed by atoms with Crippen molar-refractivity contribution < 1.29 is 19.1 Å². The number of esters is 1. The summed E-state index contributed by atoms with van der Waals surface area (Å²) in [6.45, 7) is 0. The van der Waals surface area contributed by atoms with Crippen LogP contribution in [0.2, 0.25) is 5.02 Å². The average molecular weight is 332 g/mol. The van der Waals surface area contributed by atoms with Gasteiger partial charge in [-0.2, -0.15) is 0 Å². The number of hydrogen-bond donors (Lipinski definition) is 1. The van der Waals surface area contributed by atoms with Crippen LogP contribution in [0.1, 0.15) is 15.9 Å². The Hall–Kier alpha value is -2.53. The third kappa shape index (κ3) is 3.14. The molecule has 0 spiro atoms. The Morgan fingerprint density at radius 3 is 2.87 bits per heavy atom. The second kappa shape index (κ2) is 6.30. The van der Waals surface area contributed by atoms with Gasteiger partial charge in [0.1, 0.15) is 5.75 Å². The van der Waals surface area contributed by atoms with Gasteiger partial charge in [-0.05, 0) is 29.8 Å². The summed E-state index contributed by atoms with van der Waals surface area (Å²) in [5.41, 5.74) is 1.67. The molecule has 118 valence electrons. The van der Waals surface area contributed by atoms with Gasteiger partial charge in [-0.3, -0.25) is 4.79 Å². The molecule has 1 aliphatic rings. The van der Waals surface area contributed by atoms with Gasteiger partial charge in [0.2, 0.25) is 0 Å². The van der Waals surface area contributed by atoms with Crippen LogP contribution >= 0.6 is 11.6 Å². The first-order chi connectivity index (χ1) is 11.1. The van der Waals surface area contributed by atoms with E-state index in [-0.39, 0.29) is 0 Å². The molecule has 5 nitrogen and oxygen atoms in total. The number of cyclic esters (lactones) is 1. The number of methoxy groups -OCH3 is 1. The number of amides is 1. The number of fused-ring (bicyclic) bond motifs is 1. The van der Waals surface area contributed by atoms with Crippen LogP contribution < -0.4 is 10.1 Å². The van der Waals surface area contributed by atoms with Crippen molar-refractivity contribution in [3.05, 3.63) is 58.6 Å². The van der Waals surface area contributed by atoms with Gasteiger partial charge in [-0.25, -0.2) is 4.79 Å². The quantitative estimate of drug-likeness (QED) is 0.878. The molecule has 6 heteroatoms. The van der Waals surface area contributed by atoms with Crippen molar-refractivity contribution in [3.8, 4) is 5.75 Å². The first-order valence-corrected chi connectivity index (χ1v) is 7.39. The predicted octanol–water partition coefficient (Wildman–Crippen LogP) is 3.07. The van der Waals surface area contributed by atoms with E-state index in [1.165, 1.54) is 7.11 Å². The first kappa shape index (κ1) is 15.4. The molecule has 0 fully saturated rings. The molecule has 2 aromatic carbocycles. The van der Waals surface area contributed by atoms with Gasteiger partial charge < -0.3 is 14.8 Å². The molecule has 0 aromatic heterocycles. The lowest BCUT2D eigenvalue weighted by atomic mass is 9.98. The summed E-state index contributed by atoms with van der Waals surface area (Å²) >= 11 is 5.88. The Morgan fingerprint density at radius 1 is 1.30 bits per heavy atom. The van der Waals surface area contributed by atoms with Crippen molar-refractivity contribution >= 4 is 29.2 Å². The second-order valence-electron chi connectivity index (χ2n) is 5.09. The number of carbonyl (C=O) groups is 2. The summed E-state index contributed by atoms with van der Waals surface area (Å²) in [6, 6.07) is 12.0. The summed E-state index contributed by atoms with van der Waals surface area (Å²) in [5.74, 6) is -0.410. The topological polar surface area (TPSA) is 64.6 Å². The van der Waals surface area contributed by atoms with Crippen molar-refractivity contribution in [2.75, 3.05) is 12.4 Å². The number of benzene rings is 2. The van der Waals surface area contributed by atoms with Gasteiger partial charge in [0.05, 0.1) is 18.4 Å². The number of halogens is 1. The molecule has 0 saturated carbocycles. The van der Waals surface area contributed by atoms with E-state index >= 15 is 0 Å². The number of carbonyl (C=O) groups excluding carboxylic acids is 2. The van der Waals surface area contributed by atoms with Crippen LogP contribution in [-0.2, 0) is 16.0 Å². The first-order valence-electron chi connectivity index (χ1n) is 7.02. The monoisotopic (exact) mass is 331 g/mol. The highest BCUT2D eigenvalue weighted by molar-refractivity contribution is 6.31.